The Morgan fingerprint density at radius 1 is 1.10 bits per heavy atom. The molecule has 7 heteroatoms. The zero-order chi connectivity index (χ0) is 20.4. The van der Waals surface area contributed by atoms with Crippen molar-refractivity contribution < 1.29 is 9.13 Å². The molecule has 4 aromatic rings. The molecule has 2 aromatic carbocycles. The highest BCUT2D eigenvalue weighted by Gasteiger charge is 2.16. The van der Waals surface area contributed by atoms with Gasteiger partial charge in [-0.05, 0) is 43.5 Å². The number of fused-ring (bicyclic) bond motifs is 1. The zero-order valence-electron chi connectivity index (χ0n) is 16.6. The second-order valence-corrected chi connectivity index (χ2v) is 6.87. The van der Waals surface area contributed by atoms with E-state index in [9.17, 15) is 4.39 Å². The molecule has 0 saturated carbocycles. The summed E-state index contributed by atoms with van der Waals surface area (Å²) in [6.07, 6.45) is 4.32. The molecular weight excluding hydrogens is 369 g/mol. The summed E-state index contributed by atoms with van der Waals surface area (Å²) in [5.74, 6) is 1.32. The van der Waals surface area contributed by atoms with Crippen LogP contribution in [0.4, 0.5) is 10.2 Å². The number of anilines is 1. The monoisotopic (exact) mass is 391 g/mol. The normalized spacial score (nSPS) is 11.0. The summed E-state index contributed by atoms with van der Waals surface area (Å²) in [6, 6.07) is 10.6. The average Bonchev–Trinajstić information content (AvgIpc) is 3.24. The van der Waals surface area contributed by atoms with Crippen molar-refractivity contribution in [3.8, 4) is 17.4 Å². The molecular formula is C22H22FN5O. The van der Waals surface area contributed by atoms with E-state index >= 15 is 0 Å². The number of halogens is 1. The highest BCUT2D eigenvalue weighted by molar-refractivity contribution is 5.91. The Hall–Kier alpha value is -3.48. The van der Waals surface area contributed by atoms with E-state index in [1.165, 1.54) is 6.07 Å². The molecule has 2 heterocycles. The van der Waals surface area contributed by atoms with E-state index in [1.54, 1.807) is 29.2 Å². The Labute approximate surface area is 168 Å². The van der Waals surface area contributed by atoms with E-state index in [4.69, 9.17) is 4.74 Å². The molecule has 1 N–H and O–H groups in total. The van der Waals surface area contributed by atoms with Gasteiger partial charge < -0.3 is 10.1 Å². The number of aryl methyl sites for hydroxylation is 2. The zero-order valence-corrected chi connectivity index (χ0v) is 16.6. The van der Waals surface area contributed by atoms with Gasteiger partial charge in [0.25, 0.3) is 5.95 Å². The Balaban J connectivity index is 1.84. The number of hydrogen-bond acceptors (Lipinski definition) is 5. The lowest BCUT2D eigenvalue weighted by atomic mass is 10.1. The van der Waals surface area contributed by atoms with Crippen molar-refractivity contribution in [1.82, 2.24) is 19.7 Å². The maximum atomic E-state index is 14.9. The number of benzene rings is 2. The van der Waals surface area contributed by atoms with Gasteiger partial charge in [0.15, 0.2) is 11.6 Å². The molecule has 0 fully saturated rings. The third-order valence-corrected chi connectivity index (χ3v) is 4.61. The first-order valence-corrected chi connectivity index (χ1v) is 9.56. The first-order valence-electron chi connectivity index (χ1n) is 9.56. The molecule has 2 aromatic heterocycles. The number of hydrogen-bond donors (Lipinski definition) is 1. The molecule has 0 bridgehead atoms. The second-order valence-electron chi connectivity index (χ2n) is 6.87. The fraction of sp³-hybridized carbons (Fsp3) is 0.227. The predicted octanol–water partition coefficient (Wildman–Crippen LogP) is 5.19. The van der Waals surface area contributed by atoms with Gasteiger partial charge in [-0.25, -0.2) is 14.1 Å². The van der Waals surface area contributed by atoms with Crippen LogP contribution in [-0.2, 0) is 0 Å². The van der Waals surface area contributed by atoms with Crippen molar-refractivity contribution in [2.24, 2.45) is 0 Å². The van der Waals surface area contributed by atoms with Crippen molar-refractivity contribution in [1.29, 1.82) is 0 Å². The molecule has 0 aliphatic heterocycles. The standard InChI is InChI=1S/C22H22FN5O/c1-4-9-24-21-16-12-19(29-20-14(2)7-5-8-15(20)3)17(23)13-18(16)26-22(27-21)28-11-6-10-25-28/h5-8,10-13H,4,9H2,1-3H3,(H,24,26,27). The fourth-order valence-electron chi connectivity index (χ4n) is 3.13. The highest BCUT2D eigenvalue weighted by Crippen LogP contribution is 2.34. The van der Waals surface area contributed by atoms with Gasteiger partial charge >= 0.3 is 0 Å². The molecule has 6 nitrogen and oxygen atoms in total. The minimum absolute atomic E-state index is 0.143. The maximum Gasteiger partial charge on any atom is 0.253 e. The number of nitrogens with one attached hydrogen (secondary N) is 1. The van der Waals surface area contributed by atoms with Crippen LogP contribution in [0.1, 0.15) is 24.5 Å². The van der Waals surface area contributed by atoms with Crippen LogP contribution in [-0.4, -0.2) is 26.3 Å². The van der Waals surface area contributed by atoms with Crippen molar-refractivity contribution in [3.05, 3.63) is 65.7 Å². The Morgan fingerprint density at radius 3 is 2.59 bits per heavy atom. The quantitative estimate of drug-likeness (QED) is 0.490. The SMILES string of the molecule is CCCNc1nc(-n2cccn2)nc2cc(F)c(Oc3c(C)cccc3C)cc12. The van der Waals surface area contributed by atoms with Crippen LogP contribution >= 0.6 is 0 Å². The summed E-state index contributed by atoms with van der Waals surface area (Å²) in [6.45, 7) is 6.68. The summed E-state index contributed by atoms with van der Waals surface area (Å²) in [4.78, 5) is 9.08. The van der Waals surface area contributed by atoms with Crippen molar-refractivity contribution in [2.45, 2.75) is 27.2 Å². The fourth-order valence-corrected chi connectivity index (χ4v) is 3.13. The number of para-hydroxylation sites is 1. The van der Waals surface area contributed by atoms with Gasteiger partial charge in [-0.2, -0.15) is 10.1 Å². The van der Waals surface area contributed by atoms with Crippen LogP contribution in [0.25, 0.3) is 16.9 Å². The number of nitrogens with zero attached hydrogens (tertiary/aromatic N) is 4. The van der Waals surface area contributed by atoms with Gasteiger partial charge in [0.1, 0.15) is 11.6 Å². The highest BCUT2D eigenvalue weighted by atomic mass is 19.1. The van der Waals surface area contributed by atoms with E-state index < -0.39 is 5.82 Å². The third kappa shape index (κ3) is 3.76. The Bertz CT molecular complexity index is 1140. The van der Waals surface area contributed by atoms with Crippen LogP contribution in [0.3, 0.4) is 0 Å². The lowest BCUT2D eigenvalue weighted by Gasteiger charge is -2.15. The summed E-state index contributed by atoms with van der Waals surface area (Å²) in [5.41, 5.74) is 2.37. The number of aromatic nitrogens is 4. The van der Waals surface area contributed by atoms with E-state index in [-0.39, 0.29) is 5.75 Å². The van der Waals surface area contributed by atoms with Gasteiger partial charge in [-0.15, -0.1) is 0 Å². The first kappa shape index (κ1) is 18.9. The third-order valence-electron chi connectivity index (χ3n) is 4.61. The molecule has 0 aliphatic carbocycles. The van der Waals surface area contributed by atoms with Crippen LogP contribution < -0.4 is 10.1 Å². The lowest BCUT2D eigenvalue weighted by molar-refractivity contribution is 0.438. The van der Waals surface area contributed by atoms with Gasteiger partial charge in [-0.3, -0.25) is 0 Å². The molecule has 0 atom stereocenters. The first-order chi connectivity index (χ1) is 14.1. The van der Waals surface area contributed by atoms with Crippen molar-refractivity contribution in [3.63, 3.8) is 0 Å². The summed E-state index contributed by atoms with van der Waals surface area (Å²) in [5, 5.41) is 8.17. The molecule has 148 valence electrons. The van der Waals surface area contributed by atoms with Gasteiger partial charge in [-0.1, -0.05) is 25.1 Å². The van der Waals surface area contributed by atoms with E-state index in [2.05, 4.69) is 27.3 Å². The number of ether oxygens (including phenoxy) is 1. The minimum atomic E-state index is -0.480. The minimum Gasteiger partial charge on any atom is -0.454 e. The molecule has 29 heavy (non-hydrogen) atoms. The van der Waals surface area contributed by atoms with E-state index in [0.717, 1.165) is 24.1 Å². The molecule has 0 radical (unpaired) electrons. The topological polar surface area (TPSA) is 64.9 Å². The second kappa shape index (κ2) is 7.87. The summed E-state index contributed by atoms with van der Waals surface area (Å²) in [7, 11) is 0. The van der Waals surface area contributed by atoms with Crippen molar-refractivity contribution >= 4 is 16.7 Å². The van der Waals surface area contributed by atoms with E-state index in [0.29, 0.717) is 28.4 Å². The van der Waals surface area contributed by atoms with Gasteiger partial charge in [0.2, 0.25) is 0 Å². The molecule has 4 rings (SSSR count). The van der Waals surface area contributed by atoms with Crippen LogP contribution in [0.15, 0.2) is 48.8 Å². The molecule has 0 unspecified atom stereocenters. The maximum absolute atomic E-state index is 14.9. The average molecular weight is 391 g/mol. The molecule has 0 spiro atoms. The van der Waals surface area contributed by atoms with Crippen LogP contribution in [0.2, 0.25) is 0 Å². The smallest absolute Gasteiger partial charge is 0.253 e. The largest absolute Gasteiger partial charge is 0.454 e. The predicted molar refractivity (Wildman–Crippen MR) is 111 cm³/mol. The van der Waals surface area contributed by atoms with E-state index in [1.807, 2.05) is 32.0 Å². The summed E-state index contributed by atoms with van der Waals surface area (Å²) >= 11 is 0. The number of rotatable bonds is 6. The Kier molecular flexibility index (Phi) is 5.12. The molecule has 0 aliphatic rings. The molecule has 0 amide bonds. The molecule has 0 saturated heterocycles. The van der Waals surface area contributed by atoms with Gasteiger partial charge in [0, 0.05) is 30.4 Å². The van der Waals surface area contributed by atoms with Crippen LogP contribution in [0.5, 0.6) is 11.5 Å². The van der Waals surface area contributed by atoms with Crippen LogP contribution in [0, 0.1) is 19.7 Å². The van der Waals surface area contributed by atoms with Gasteiger partial charge in [0.05, 0.1) is 5.52 Å². The Morgan fingerprint density at radius 2 is 1.90 bits per heavy atom. The summed E-state index contributed by atoms with van der Waals surface area (Å²) < 4.78 is 22.4. The van der Waals surface area contributed by atoms with Crippen molar-refractivity contribution in [2.75, 3.05) is 11.9 Å². The lowest BCUT2D eigenvalue weighted by Crippen LogP contribution is -2.08.